The first kappa shape index (κ1) is 26.0. The van der Waals surface area contributed by atoms with Gasteiger partial charge in [0.2, 0.25) is 0 Å². The van der Waals surface area contributed by atoms with Crippen LogP contribution < -0.4 is 79.3 Å². The molecule has 8 heteroatoms. The van der Waals surface area contributed by atoms with Gasteiger partial charge in [0, 0.05) is 18.3 Å². The number of carbonyl (C=O) groups excluding carboxylic acids is 3. The largest absolute Gasteiger partial charge is 1.00 e. The quantitative estimate of drug-likeness (QED) is 0.488. The third kappa shape index (κ3) is 6.84. The van der Waals surface area contributed by atoms with Crippen molar-refractivity contribution in [1.82, 2.24) is 5.32 Å². The predicted molar refractivity (Wildman–Crippen MR) is 107 cm³/mol. The monoisotopic (exact) mass is 543 g/mol. The number of benzene rings is 2. The smallest absolute Gasteiger partial charge is 0.550 e. The first-order chi connectivity index (χ1) is 14.2. The maximum absolute atomic E-state index is 12.6. The summed E-state index contributed by atoms with van der Waals surface area (Å²) < 4.78 is 10.5. The molecule has 1 aliphatic rings. The average molecular weight is 543 g/mol. The maximum atomic E-state index is 12.6. The fraction of sp³-hybridized carbons (Fsp3) is 0.348. The van der Waals surface area contributed by atoms with Crippen LogP contribution in [0.2, 0.25) is 0 Å². The Morgan fingerprint density at radius 2 is 1.52 bits per heavy atom. The zero-order valence-corrected chi connectivity index (χ0v) is 24.4. The van der Waals surface area contributed by atoms with Crippen LogP contribution >= 0.6 is 0 Å². The zero-order valence-electron chi connectivity index (χ0n) is 18.1. The third-order valence-corrected chi connectivity index (χ3v) is 4.70. The van der Waals surface area contributed by atoms with Gasteiger partial charge in [-0.25, -0.2) is 9.59 Å². The molecule has 0 bridgehead atoms. The molecule has 0 unspecified atom stereocenters. The average Bonchev–Trinajstić information content (AvgIpc) is 2.98. The molecule has 158 valence electrons. The van der Waals surface area contributed by atoms with Crippen molar-refractivity contribution in [3.05, 3.63) is 59.7 Å². The van der Waals surface area contributed by atoms with E-state index in [-0.39, 0.29) is 81.4 Å². The molecule has 0 heterocycles. The summed E-state index contributed by atoms with van der Waals surface area (Å²) in [4.78, 5) is 35.6. The number of alkyl carbamates (subject to hydrolysis) is 1. The molecule has 1 N–H and O–H groups in total. The second-order valence-electron chi connectivity index (χ2n) is 8.13. The van der Waals surface area contributed by atoms with Crippen LogP contribution in [0, 0.1) is 0 Å². The molecule has 1 aliphatic carbocycles. The molecule has 0 saturated carbocycles. The third-order valence-electron chi connectivity index (χ3n) is 4.70. The van der Waals surface area contributed by atoms with E-state index in [9.17, 15) is 19.5 Å². The number of hydrogen-bond donors (Lipinski definition) is 1. The summed E-state index contributed by atoms with van der Waals surface area (Å²) in [6.07, 6.45) is -1.61. The summed E-state index contributed by atoms with van der Waals surface area (Å²) in [5, 5.41) is 13.3. The van der Waals surface area contributed by atoms with Gasteiger partial charge in [0.05, 0.1) is 0 Å². The van der Waals surface area contributed by atoms with Crippen molar-refractivity contribution in [1.29, 1.82) is 0 Å². The van der Waals surface area contributed by atoms with Crippen LogP contribution in [0.4, 0.5) is 4.79 Å². The Bertz CT molecular complexity index is 923. The fourth-order valence-electron chi connectivity index (χ4n) is 3.52. The molecule has 2 aromatic rings. The van der Waals surface area contributed by atoms with E-state index in [1.807, 2.05) is 48.5 Å². The number of amides is 1. The normalized spacial score (nSPS) is 13.3. The number of carboxylic acid groups (broad SMARTS) is 1. The van der Waals surface area contributed by atoms with Crippen molar-refractivity contribution in [2.75, 3.05) is 6.61 Å². The maximum Gasteiger partial charge on any atom is 1.00 e. The Morgan fingerprint density at radius 1 is 1.00 bits per heavy atom. The number of carboxylic acids is 1. The van der Waals surface area contributed by atoms with E-state index in [1.165, 1.54) is 0 Å². The van der Waals surface area contributed by atoms with E-state index >= 15 is 0 Å². The van der Waals surface area contributed by atoms with Crippen molar-refractivity contribution < 1.29 is 97.9 Å². The van der Waals surface area contributed by atoms with Gasteiger partial charge in [0.15, 0.2) is 0 Å². The number of aliphatic carboxylic acids is 1. The van der Waals surface area contributed by atoms with E-state index in [1.54, 1.807) is 20.8 Å². The van der Waals surface area contributed by atoms with Crippen molar-refractivity contribution in [2.24, 2.45) is 0 Å². The van der Waals surface area contributed by atoms with Gasteiger partial charge in [-0.1, -0.05) is 48.5 Å². The van der Waals surface area contributed by atoms with Gasteiger partial charge in [-0.2, -0.15) is 0 Å². The van der Waals surface area contributed by atoms with E-state index < -0.39 is 36.1 Å². The van der Waals surface area contributed by atoms with Crippen LogP contribution in [0.25, 0.3) is 11.1 Å². The Kier molecular flexibility index (Phi) is 9.23. The molecule has 1 amide bonds. The molecule has 1 atom stereocenters. The van der Waals surface area contributed by atoms with Crippen LogP contribution in [0.3, 0.4) is 0 Å². The minimum Gasteiger partial charge on any atom is -0.550 e. The van der Waals surface area contributed by atoms with E-state index in [0.717, 1.165) is 22.3 Å². The molecule has 0 aliphatic heterocycles. The summed E-state index contributed by atoms with van der Waals surface area (Å²) in [6.45, 7) is 5.00. The van der Waals surface area contributed by atoms with Crippen LogP contribution in [0.15, 0.2) is 48.5 Å². The van der Waals surface area contributed by atoms with Crippen molar-refractivity contribution in [2.45, 2.75) is 44.8 Å². The Morgan fingerprint density at radius 3 is 2.00 bits per heavy atom. The number of carbonyl (C=O) groups is 3. The number of rotatable bonds is 6. The van der Waals surface area contributed by atoms with Gasteiger partial charge in [-0.3, -0.25) is 0 Å². The molecule has 0 saturated heterocycles. The molecular formula is C23H24CsNO6. The molecule has 0 fully saturated rings. The first-order valence-electron chi connectivity index (χ1n) is 9.70. The molecule has 2 aromatic carbocycles. The standard InChI is InChI=1S/C23H25NO6.Cs/c1-23(2,3)30-22(28)24-19(12-20(25)26)21(27)29-13-18-16-10-6-4-8-14(16)15-9-5-7-11-17(15)18;/h4-11,18-19H,12-13H2,1-3H3,(H,24,28)(H,25,26);/q;+1/p-1/t19-;/m0./s1. The summed E-state index contributed by atoms with van der Waals surface area (Å²) >= 11 is 0. The minimum absolute atomic E-state index is 0. The molecular weight excluding hydrogens is 519 g/mol. The van der Waals surface area contributed by atoms with Crippen molar-refractivity contribution >= 4 is 18.0 Å². The van der Waals surface area contributed by atoms with Crippen LogP contribution in [-0.2, 0) is 19.1 Å². The number of fused-ring (bicyclic) bond motifs is 3. The van der Waals surface area contributed by atoms with Crippen LogP contribution in [0.1, 0.15) is 44.2 Å². The topological polar surface area (TPSA) is 105 Å². The van der Waals surface area contributed by atoms with Gasteiger partial charge >= 0.3 is 81.0 Å². The molecule has 7 nitrogen and oxygen atoms in total. The van der Waals surface area contributed by atoms with Gasteiger partial charge < -0.3 is 24.7 Å². The number of ether oxygens (including phenoxy) is 2. The predicted octanol–water partition coefficient (Wildman–Crippen LogP) is -0.621. The van der Waals surface area contributed by atoms with Crippen molar-refractivity contribution in [3.63, 3.8) is 0 Å². The molecule has 31 heavy (non-hydrogen) atoms. The van der Waals surface area contributed by atoms with E-state index in [0.29, 0.717) is 0 Å². The molecule has 3 rings (SSSR count). The molecule has 0 radical (unpaired) electrons. The number of nitrogens with one attached hydrogen (secondary N) is 1. The van der Waals surface area contributed by atoms with Crippen molar-refractivity contribution in [3.8, 4) is 11.1 Å². The number of esters is 1. The number of hydrogen-bond acceptors (Lipinski definition) is 6. The van der Waals surface area contributed by atoms with E-state index in [4.69, 9.17) is 9.47 Å². The van der Waals surface area contributed by atoms with Crippen LogP contribution in [0.5, 0.6) is 0 Å². The summed E-state index contributed by atoms with van der Waals surface area (Å²) in [5.74, 6) is -2.51. The Labute approximate surface area is 240 Å². The first-order valence-corrected chi connectivity index (χ1v) is 9.70. The van der Waals surface area contributed by atoms with Gasteiger partial charge in [0.25, 0.3) is 0 Å². The zero-order chi connectivity index (χ0) is 21.9. The molecule has 0 aromatic heterocycles. The fourth-order valence-corrected chi connectivity index (χ4v) is 3.52. The van der Waals surface area contributed by atoms with Gasteiger partial charge in [-0.15, -0.1) is 0 Å². The molecule has 0 spiro atoms. The van der Waals surface area contributed by atoms with Gasteiger partial charge in [-0.05, 0) is 43.0 Å². The Hall–Kier alpha value is -1.30. The summed E-state index contributed by atoms with van der Waals surface area (Å²) in [7, 11) is 0. The second-order valence-corrected chi connectivity index (χ2v) is 8.13. The Balaban J connectivity index is 0.00000341. The minimum atomic E-state index is -1.48. The van der Waals surface area contributed by atoms with Crippen LogP contribution in [-0.4, -0.2) is 36.3 Å². The van der Waals surface area contributed by atoms with E-state index in [2.05, 4.69) is 5.32 Å². The second kappa shape index (κ2) is 11.0. The SMILES string of the molecule is CC(C)(C)OC(=O)N[C@@H](CC(=O)[O-])C(=O)OCC1c2ccccc2-c2ccccc21.[Cs+]. The summed E-state index contributed by atoms with van der Waals surface area (Å²) in [6, 6.07) is 14.3. The van der Waals surface area contributed by atoms with Gasteiger partial charge in [0.1, 0.15) is 18.2 Å². The summed E-state index contributed by atoms with van der Waals surface area (Å²) in [5.41, 5.74) is 3.42.